The second-order valence-electron chi connectivity index (χ2n) is 3.31. The van der Waals surface area contributed by atoms with Gasteiger partial charge in [-0.3, -0.25) is 4.79 Å². The van der Waals surface area contributed by atoms with Crippen LogP contribution in [0.5, 0.6) is 0 Å². The highest BCUT2D eigenvalue weighted by atomic mass is 16.5. The van der Waals surface area contributed by atoms with Crippen molar-refractivity contribution in [3.8, 4) is 0 Å². The second kappa shape index (κ2) is 6.97. The number of nitrogens with one attached hydrogen (secondary N) is 2. The summed E-state index contributed by atoms with van der Waals surface area (Å²) in [6, 6.07) is -0.145. The molecule has 0 fully saturated rings. The van der Waals surface area contributed by atoms with Gasteiger partial charge >= 0.3 is 0 Å². The van der Waals surface area contributed by atoms with Gasteiger partial charge in [-0.05, 0) is 6.92 Å². The van der Waals surface area contributed by atoms with Gasteiger partial charge < -0.3 is 19.8 Å². The Kier molecular flexibility index (Phi) is 5.52. The molecule has 1 aromatic rings. The molecule has 1 heterocycles. The number of hydrogen-bond acceptors (Lipinski definition) is 4. The van der Waals surface area contributed by atoms with E-state index in [4.69, 9.17) is 9.47 Å². The second-order valence-corrected chi connectivity index (χ2v) is 3.31. The molecule has 0 radical (unpaired) electrons. The van der Waals surface area contributed by atoms with E-state index in [-0.39, 0.29) is 18.6 Å². The Morgan fingerprint density at radius 1 is 1.62 bits per heavy atom. The third-order valence-electron chi connectivity index (χ3n) is 1.97. The number of imidazole rings is 1. The molecule has 0 spiro atoms. The van der Waals surface area contributed by atoms with Crippen LogP contribution in [0.25, 0.3) is 0 Å². The van der Waals surface area contributed by atoms with Gasteiger partial charge in [-0.2, -0.15) is 0 Å². The van der Waals surface area contributed by atoms with E-state index in [1.807, 2.05) is 6.92 Å². The first kappa shape index (κ1) is 12.7. The number of methoxy groups -OCH3 is 1. The van der Waals surface area contributed by atoms with Gasteiger partial charge in [0.1, 0.15) is 12.4 Å². The highest BCUT2D eigenvalue weighted by Crippen LogP contribution is 2.04. The predicted octanol–water partition coefficient (Wildman–Crippen LogP) is 0.250. The van der Waals surface area contributed by atoms with Gasteiger partial charge in [-0.1, -0.05) is 0 Å². The van der Waals surface area contributed by atoms with E-state index >= 15 is 0 Å². The number of carbonyl (C=O) groups excluding carboxylic acids is 1. The van der Waals surface area contributed by atoms with Crippen LogP contribution in [-0.4, -0.2) is 42.8 Å². The molecule has 0 aliphatic heterocycles. The number of amides is 1. The lowest BCUT2D eigenvalue weighted by molar-refractivity contribution is -0.126. The van der Waals surface area contributed by atoms with E-state index < -0.39 is 0 Å². The number of carbonyl (C=O) groups is 1. The minimum absolute atomic E-state index is 0.0361. The van der Waals surface area contributed by atoms with E-state index in [2.05, 4.69) is 15.3 Å². The summed E-state index contributed by atoms with van der Waals surface area (Å²) < 4.78 is 9.88. The molecule has 90 valence electrons. The van der Waals surface area contributed by atoms with Gasteiger partial charge in [0.2, 0.25) is 5.91 Å². The maximum absolute atomic E-state index is 11.4. The minimum atomic E-state index is -0.167. The van der Waals surface area contributed by atoms with Crippen LogP contribution in [0.4, 0.5) is 0 Å². The quantitative estimate of drug-likeness (QED) is 0.655. The number of H-pyrrole nitrogens is 1. The maximum atomic E-state index is 11.4. The van der Waals surface area contributed by atoms with E-state index in [1.165, 1.54) is 0 Å². The van der Waals surface area contributed by atoms with Crippen molar-refractivity contribution in [1.82, 2.24) is 15.3 Å². The van der Waals surface area contributed by atoms with Gasteiger partial charge in [0.05, 0.1) is 19.3 Å². The van der Waals surface area contributed by atoms with Crippen LogP contribution < -0.4 is 5.32 Å². The highest BCUT2D eigenvalue weighted by molar-refractivity contribution is 5.77. The van der Waals surface area contributed by atoms with E-state index in [0.717, 1.165) is 5.82 Å². The largest absolute Gasteiger partial charge is 0.382 e. The maximum Gasteiger partial charge on any atom is 0.246 e. The lowest BCUT2D eigenvalue weighted by Crippen LogP contribution is -2.31. The molecule has 0 bridgehead atoms. The van der Waals surface area contributed by atoms with Crippen molar-refractivity contribution in [3.63, 3.8) is 0 Å². The van der Waals surface area contributed by atoms with Crippen LogP contribution >= 0.6 is 0 Å². The molecule has 1 amide bonds. The Labute approximate surface area is 94.4 Å². The first-order chi connectivity index (χ1) is 7.74. The predicted molar refractivity (Wildman–Crippen MR) is 57.8 cm³/mol. The fraction of sp³-hybridized carbons (Fsp3) is 0.600. The van der Waals surface area contributed by atoms with Gasteiger partial charge in [0, 0.05) is 19.5 Å². The standard InChI is InChI=1S/C10H17N3O3/c1-8(10-11-3-4-12-10)13-9(14)7-16-6-5-15-2/h3-4,8H,5-7H2,1-2H3,(H,11,12)(H,13,14). The van der Waals surface area contributed by atoms with Gasteiger partial charge in [0.25, 0.3) is 0 Å². The Balaban J connectivity index is 2.19. The van der Waals surface area contributed by atoms with Crippen molar-refractivity contribution in [3.05, 3.63) is 18.2 Å². The monoisotopic (exact) mass is 227 g/mol. The zero-order valence-electron chi connectivity index (χ0n) is 9.53. The fourth-order valence-electron chi connectivity index (χ4n) is 1.17. The summed E-state index contributed by atoms with van der Waals surface area (Å²) in [5.74, 6) is 0.560. The van der Waals surface area contributed by atoms with E-state index in [1.54, 1.807) is 19.5 Å². The van der Waals surface area contributed by atoms with Crippen molar-refractivity contribution in [2.24, 2.45) is 0 Å². The molecule has 1 rings (SSSR count). The molecule has 1 unspecified atom stereocenters. The molecule has 0 aromatic carbocycles. The molecule has 1 atom stereocenters. The van der Waals surface area contributed by atoms with Crippen LogP contribution in [0.1, 0.15) is 18.8 Å². The average Bonchev–Trinajstić information content (AvgIpc) is 2.77. The zero-order chi connectivity index (χ0) is 11.8. The Bertz CT molecular complexity index is 300. The smallest absolute Gasteiger partial charge is 0.246 e. The number of ether oxygens (including phenoxy) is 2. The summed E-state index contributed by atoms with van der Waals surface area (Å²) in [6.07, 6.45) is 3.36. The van der Waals surface area contributed by atoms with Crippen molar-refractivity contribution in [2.75, 3.05) is 26.9 Å². The molecule has 0 aliphatic carbocycles. The highest BCUT2D eigenvalue weighted by Gasteiger charge is 2.10. The summed E-state index contributed by atoms with van der Waals surface area (Å²) in [7, 11) is 1.59. The van der Waals surface area contributed by atoms with Crippen molar-refractivity contribution in [2.45, 2.75) is 13.0 Å². The lowest BCUT2D eigenvalue weighted by atomic mass is 10.3. The van der Waals surface area contributed by atoms with Crippen molar-refractivity contribution < 1.29 is 14.3 Å². The number of aromatic nitrogens is 2. The average molecular weight is 227 g/mol. The van der Waals surface area contributed by atoms with Crippen LogP contribution in [0.2, 0.25) is 0 Å². The van der Waals surface area contributed by atoms with Crippen LogP contribution in [0.15, 0.2) is 12.4 Å². The molecule has 1 aromatic heterocycles. The van der Waals surface area contributed by atoms with Crippen molar-refractivity contribution in [1.29, 1.82) is 0 Å². The van der Waals surface area contributed by atoms with Crippen LogP contribution in [0, 0.1) is 0 Å². The Morgan fingerprint density at radius 3 is 3.06 bits per heavy atom. The van der Waals surface area contributed by atoms with Crippen molar-refractivity contribution >= 4 is 5.91 Å². The molecule has 0 saturated heterocycles. The molecule has 16 heavy (non-hydrogen) atoms. The van der Waals surface area contributed by atoms with E-state index in [0.29, 0.717) is 13.2 Å². The van der Waals surface area contributed by atoms with Gasteiger partial charge in [0.15, 0.2) is 0 Å². The topological polar surface area (TPSA) is 76.2 Å². The molecule has 6 nitrogen and oxygen atoms in total. The summed E-state index contributed by atoms with van der Waals surface area (Å²) in [5.41, 5.74) is 0. The van der Waals surface area contributed by atoms with Crippen LogP contribution in [-0.2, 0) is 14.3 Å². The summed E-state index contributed by atoms with van der Waals surface area (Å²) in [4.78, 5) is 18.4. The van der Waals surface area contributed by atoms with Gasteiger partial charge in [-0.25, -0.2) is 4.98 Å². The molecule has 0 saturated carbocycles. The Morgan fingerprint density at radius 2 is 2.44 bits per heavy atom. The third kappa shape index (κ3) is 4.41. The molecule has 0 aliphatic rings. The number of nitrogens with zero attached hydrogens (tertiary/aromatic N) is 1. The fourth-order valence-corrected chi connectivity index (χ4v) is 1.17. The van der Waals surface area contributed by atoms with Crippen LogP contribution in [0.3, 0.4) is 0 Å². The number of aromatic amines is 1. The molecule has 2 N–H and O–H groups in total. The Hall–Kier alpha value is -1.40. The molecular formula is C10H17N3O3. The minimum Gasteiger partial charge on any atom is -0.382 e. The number of rotatable bonds is 7. The SMILES string of the molecule is COCCOCC(=O)NC(C)c1ncc[nH]1. The molecular weight excluding hydrogens is 210 g/mol. The van der Waals surface area contributed by atoms with E-state index in [9.17, 15) is 4.79 Å². The normalized spacial score (nSPS) is 12.4. The lowest BCUT2D eigenvalue weighted by Gasteiger charge is -2.11. The first-order valence-electron chi connectivity index (χ1n) is 5.09. The summed E-state index contributed by atoms with van der Waals surface area (Å²) >= 11 is 0. The number of hydrogen-bond donors (Lipinski definition) is 2. The molecule has 6 heteroatoms. The summed E-state index contributed by atoms with van der Waals surface area (Å²) in [5, 5.41) is 2.76. The third-order valence-corrected chi connectivity index (χ3v) is 1.97. The first-order valence-corrected chi connectivity index (χ1v) is 5.09. The van der Waals surface area contributed by atoms with Gasteiger partial charge in [-0.15, -0.1) is 0 Å². The zero-order valence-corrected chi connectivity index (χ0v) is 9.53. The summed E-state index contributed by atoms with van der Waals surface area (Å²) in [6.45, 7) is 2.79.